The lowest BCUT2D eigenvalue weighted by Gasteiger charge is -2.34. The Kier molecular flexibility index (Phi) is 8.19. The SMILES string of the molecule is COc1cc(CN(CC(C)C)C2c3ccc(Cl)cc3CC2C(=O)O)ccc1OCCn1c(O)ccc1O. The summed E-state index contributed by atoms with van der Waals surface area (Å²) in [5.74, 6) is -0.0243. The monoisotopic (exact) mass is 528 g/mol. The third-order valence-corrected chi connectivity index (χ3v) is 6.91. The number of nitrogens with zero attached hydrogens (tertiary/aromatic N) is 2. The minimum Gasteiger partial charge on any atom is -0.494 e. The van der Waals surface area contributed by atoms with Crippen LogP contribution in [0.5, 0.6) is 23.3 Å². The number of carboxylic acid groups (broad SMARTS) is 1. The number of carbonyl (C=O) groups is 1. The van der Waals surface area contributed by atoms with Crippen LogP contribution in [0.3, 0.4) is 0 Å². The molecule has 0 radical (unpaired) electrons. The molecule has 9 heteroatoms. The summed E-state index contributed by atoms with van der Waals surface area (Å²) in [4.78, 5) is 14.5. The maximum atomic E-state index is 12.3. The number of benzene rings is 2. The molecule has 3 N–H and O–H groups in total. The summed E-state index contributed by atoms with van der Waals surface area (Å²) in [6, 6.07) is 13.9. The Bertz CT molecular complexity index is 1240. The van der Waals surface area contributed by atoms with Crippen molar-refractivity contribution in [3.63, 3.8) is 0 Å². The van der Waals surface area contributed by atoms with Gasteiger partial charge in [0.1, 0.15) is 6.61 Å². The summed E-state index contributed by atoms with van der Waals surface area (Å²) in [5.41, 5.74) is 2.97. The van der Waals surface area contributed by atoms with Crippen molar-refractivity contribution in [3.8, 4) is 23.3 Å². The number of ether oxygens (including phenoxy) is 2. The number of halogens is 1. The fraction of sp³-hybridized carbons (Fsp3) is 0.393. The first-order valence-electron chi connectivity index (χ1n) is 12.3. The zero-order valence-electron chi connectivity index (χ0n) is 21.2. The molecule has 0 aliphatic heterocycles. The molecule has 0 saturated heterocycles. The van der Waals surface area contributed by atoms with Crippen LogP contribution in [0, 0.1) is 11.8 Å². The fourth-order valence-corrected chi connectivity index (χ4v) is 5.31. The van der Waals surface area contributed by atoms with Crippen molar-refractivity contribution in [2.24, 2.45) is 11.8 Å². The Balaban J connectivity index is 1.55. The minimum atomic E-state index is -0.813. The molecule has 1 aliphatic rings. The van der Waals surface area contributed by atoms with Gasteiger partial charge in [-0.25, -0.2) is 0 Å². The van der Waals surface area contributed by atoms with Crippen molar-refractivity contribution in [2.45, 2.75) is 39.4 Å². The quantitative estimate of drug-likeness (QED) is 0.318. The maximum Gasteiger partial charge on any atom is 0.308 e. The Hall–Kier alpha value is -3.36. The molecule has 0 amide bonds. The topological polar surface area (TPSA) is 104 Å². The second-order valence-corrected chi connectivity index (χ2v) is 10.2. The van der Waals surface area contributed by atoms with Gasteiger partial charge >= 0.3 is 5.97 Å². The number of aliphatic carboxylic acids is 1. The molecule has 0 saturated carbocycles. The van der Waals surface area contributed by atoms with Crippen LogP contribution in [0.25, 0.3) is 0 Å². The predicted molar refractivity (Wildman–Crippen MR) is 141 cm³/mol. The molecule has 198 valence electrons. The van der Waals surface area contributed by atoms with Crippen LogP contribution in [0.2, 0.25) is 5.02 Å². The van der Waals surface area contributed by atoms with E-state index >= 15 is 0 Å². The summed E-state index contributed by atoms with van der Waals surface area (Å²) in [6.07, 6.45) is 0.451. The van der Waals surface area contributed by atoms with Crippen molar-refractivity contribution in [1.82, 2.24) is 9.47 Å². The van der Waals surface area contributed by atoms with Gasteiger partial charge in [0.05, 0.1) is 19.6 Å². The molecule has 0 spiro atoms. The van der Waals surface area contributed by atoms with Crippen LogP contribution in [-0.4, -0.2) is 51.0 Å². The summed E-state index contributed by atoms with van der Waals surface area (Å²) in [7, 11) is 1.57. The summed E-state index contributed by atoms with van der Waals surface area (Å²) in [6.45, 7) is 5.99. The van der Waals surface area contributed by atoms with E-state index in [2.05, 4.69) is 18.7 Å². The Morgan fingerprint density at radius 2 is 1.84 bits per heavy atom. The highest BCUT2D eigenvalue weighted by atomic mass is 35.5. The van der Waals surface area contributed by atoms with Gasteiger partial charge in [0, 0.05) is 36.3 Å². The Labute approximate surface area is 221 Å². The number of hydrogen-bond donors (Lipinski definition) is 3. The number of aromatic nitrogens is 1. The van der Waals surface area contributed by atoms with Gasteiger partial charge in [-0.1, -0.05) is 37.6 Å². The van der Waals surface area contributed by atoms with Crippen molar-refractivity contribution in [2.75, 3.05) is 20.3 Å². The van der Waals surface area contributed by atoms with Crippen LogP contribution in [0.4, 0.5) is 0 Å². The second-order valence-electron chi connectivity index (χ2n) is 9.80. The molecule has 2 atom stereocenters. The van der Waals surface area contributed by atoms with Crippen molar-refractivity contribution in [3.05, 3.63) is 70.2 Å². The van der Waals surface area contributed by atoms with Gasteiger partial charge in [-0.3, -0.25) is 14.3 Å². The largest absolute Gasteiger partial charge is 0.494 e. The van der Waals surface area contributed by atoms with Gasteiger partial charge in [0.25, 0.3) is 0 Å². The smallest absolute Gasteiger partial charge is 0.308 e. The van der Waals surface area contributed by atoms with Crippen LogP contribution >= 0.6 is 11.6 Å². The van der Waals surface area contributed by atoms with E-state index in [1.54, 1.807) is 7.11 Å². The fourth-order valence-electron chi connectivity index (χ4n) is 5.11. The van der Waals surface area contributed by atoms with Crippen LogP contribution in [0.1, 0.15) is 36.6 Å². The zero-order chi connectivity index (χ0) is 26.7. The van der Waals surface area contributed by atoms with E-state index in [9.17, 15) is 20.1 Å². The molecule has 2 unspecified atom stereocenters. The van der Waals surface area contributed by atoms with Gasteiger partial charge in [-0.15, -0.1) is 0 Å². The molecule has 3 aromatic rings. The molecule has 1 aromatic heterocycles. The molecular formula is C28H33ClN2O6. The van der Waals surface area contributed by atoms with E-state index < -0.39 is 11.9 Å². The average molecular weight is 529 g/mol. The van der Waals surface area contributed by atoms with Crippen molar-refractivity contribution < 1.29 is 29.6 Å². The lowest BCUT2D eigenvalue weighted by Crippen LogP contribution is -2.36. The number of fused-ring (bicyclic) bond motifs is 1. The normalized spacial score (nSPS) is 16.8. The lowest BCUT2D eigenvalue weighted by atomic mass is 9.97. The third kappa shape index (κ3) is 5.97. The number of aromatic hydroxyl groups is 2. The summed E-state index contributed by atoms with van der Waals surface area (Å²) >= 11 is 6.21. The van der Waals surface area contributed by atoms with E-state index in [4.69, 9.17) is 21.1 Å². The summed E-state index contributed by atoms with van der Waals surface area (Å²) < 4.78 is 12.8. The molecule has 4 rings (SSSR count). The van der Waals surface area contributed by atoms with Gasteiger partial charge in [0.15, 0.2) is 23.3 Å². The predicted octanol–water partition coefficient (Wildman–Crippen LogP) is 5.10. The molecule has 37 heavy (non-hydrogen) atoms. The first-order valence-corrected chi connectivity index (χ1v) is 12.7. The van der Waals surface area contributed by atoms with E-state index in [0.717, 1.165) is 23.2 Å². The molecule has 1 aliphatic carbocycles. The van der Waals surface area contributed by atoms with Crippen molar-refractivity contribution >= 4 is 17.6 Å². The summed E-state index contributed by atoms with van der Waals surface area (Å²) in [5, 5.41) is 30.3. The van der Waals surface area contributed by atoms with E-state index in [0.29, 0.717) is 35.4 Å². The Morgan fingerprint density at radius 3 is 2.49 bits per heavy atom. The molecule has 0 bridgehead atoms. The molecule has 8 nitrogen and oxygen atoms in total. The number of hydrogen-bond acceptors (Lipinski definition) is 6. The average Bonchev–Trinajstić information content (AvgIpc) is 3.38. The number of carboxylic acids is 1. The van der Waals surface area contributed by atoms with Crippen LogP contribution in [-0.2, 0) is 24.3 Å². The number of rotatable bonds is 11. The zero-order valence-corrected chi connectivity index (χ0v) is 22.0. The van der Waals surface area contributed by atoms with E-state index in [1.165, 1.54) is 16.7 Å². The van der Waals surface area contributed by atoms with Gasteiger partial charge in [0.2, 0.25) is 0 Å². The van der Waals surface area contributed by atoms with Gasteiger partial charge in [-0.2, -0.15) is 0 Å². The van der Waals surface area contributed by atoms with Crippen molar-refractivity contribution in [1.29, 1.82) is 0 Å². The Morgan fingerprint density at radius 1 is 1.11 bits per heavy atom. The first kappa shape index (κ1) is 26.7. The minimum absolute atomic E-state index is 0.0379. The lowest BCUT2D eigenvalue weighted by molar-refractivity contribution is -0.144. The molecule has 1 heterocycles. The standard InChI is InChI=1S/C28H33ClN2O6/c1-17(2)15-30(27-21-6-5-20(29)13-19(21)14-22(27)28(34)35)16-18-4-7-23(24(12-18)36-3)37-11-10-31-25(32)8-9-26(31)33/h4-9,12-13,17,22,27,32-33H,10-11,14-16H2,1-3H3,(H,34,35). The number of methoxy groups -OCH3 is 1. The van der Waals surface area contributed by atoms with E-state index in [1.807, 2.05) is 36.4 Å². The van der Waals surface area contributed by atoms with Crippen LogP contribution < -0.4 is 9.47 Å². The van der Waals surface area contributed by atoms with E-state index in [-0.39, 0.29) is 31.0 Å². The van der Waals surface area contributed by atoms with Gasteiger partial charge in [-0.05, 0) is 53.3 Å². The second kappa shape index (κ2) is 11.4. The highest BCUT2D eigenvalue weighted by molar-refractivity contribution is 6.30. The molecule has 2 aromatic carbocycles. The maximum absolute atomic E-state index is 12.3. The first-order chi connectivity index (χ1) is 17.7. The molecule has 0 fully saturated rings. The van der Waals surface area contributed by atoms with Gasteiger partial charge < -0.3 is 24.8 Å². The third-order valence-electron chi connectivity index (χ3n) is 6.68. The highest BCUT2D eigenvalue weighted by Gasteiger charge is 2.41. The molecular weight excluding hydrogens is 496 g/mol. The highest BCUT2D eigenvalue weighted by Crippen LogP contribution is 2.43. The van der Waals surface area contributed by atoms with Crippen LogP contribution in [0.15, 0.2) is 48.5 Å².